The van der Waals surface area contributed by atoms with Crippen LogP contribution >= 0.6 is 0 Å². The third-order valence-corrected chi connectivity index (χ3v) is 4.35. The normalized spacial score (nSPS) is 11.6. The molecule has 2 aromatic rings. The van der Waals surface area contributed by atoms with Crippen molar-refractivity contribution >= 4 is 11.9 Å². The number of aryl methyl sites for hydroxylation is 1. The van der Waals surface area contributed by atoms with E-state index in [0.717, 1.165) is 16.8 Å². The maximum absolute atomic E-state index is 12.9. The highest BCUT2D eigenvalue weighted by Gasteiger charge is 2.25. The molecule has 0 aromatic carbocycles. The average Bonchev–Trinajstić information content (AvgIpc) is 2.65. The molecule has 2 rings (SSSR count). The predicted molar refractivity (Wildman–Crippen MR) is 102 cm³/mol. The number of carbonyl (C=O) groups excluding carboxylic acids is 2. The molecule has 0 unspecified atom stereocenters. The van der Waals surface area contributed by atoms with Crippen molar-refractivity contribution in [1.82, 2.24) is 14.9 Å². The zero-order valence-electron chi connectivity index (χ0n) is 15.9. The zero-order valence-corrected chi connectivity index (χ0v) is 15.9. The molecule has 0 bridgehead atoms. The summed E-state index contributed by atoms with van der Waals surface area (Å²) in [5.74, 6) is -1.29. The first kappa shape index (κ1) is 20.1. The van der Waals surface area contributed by atoms with Gasteiger partial charge in [0.2, 0.25) is 0 Å². The van der Waals surface area contributed by atoms with E-state index in [1.54, 1.807) is 19.3 Å². The van der Waals surface area contributed by atoms with Crippen LogP contribution in [0.3, 0.4) is 0 Å². The molecule has 0 radical (unpaired) electrons. The Kier molecular flexibility index (Phi) is 6.28. The molecule has 1 N–H and O–H groups in total. The van der Waals surface area contributed by atoms with Crippen molar-refractivity contribution in [2.75, 3.05) is 7.11 Å². The van der Waals surface area contributed by atoms with E-state index < -0.39 is 23.5 Å². The van der Waals surface area contributed by atoms with Crippen LogP contribution in [0.4, 0.5) is 0 Å². The van der Waals surface area contributed by atoms with Gasteiger partial charge in [-0.2, -0.15) is 0 Å². The Balaban J connectivity index is 2.42. The molecule has 0 spiro atoms. The summed E-state index contributed by atoms with van der Waals surface area (Å²) in [5, 5.41) is 2.53. The van der Waals surface area contributed by atoms with Crippen LogP contribution in [0.2, 0.25) is 0 Å². The van der Waals surface area contributed by atoms with Crippen LogP contribution in [-0.4, -0.2) is 34.6 Å². The lowest BCUT2D eigenvalue weighted by molar-refractivity contribution is -0.141. The third-order valence-electron chi connectivity index (χ3n) is 4.35. The lowest BCUT2D eigenvalue weighted by atomic mass is 10.1. The van der Waals surface area contributed by atoms with Gasteiger partial charge in [0, 0.05) is 18.1 Å². The number of rotatable bonds is 6. The summed E-state index contributed by atoms with van der Waals surface area (Å²) in [6.45, 7) is 9.26. The van der Waals surface area contributed by atoms with Gasteiger partial charge < -0.3 is 14.6 Å². The highest BCUT2D eigenvalue weighted by Crippen LogP contribution is 2.10. The molecule has 1 amide bonds. The van der Waals surface area contributed by atoms with E-state index in [2.05, 4.69) is 21.6 Å². The van der Waals surface area contributed by atoms with Crippen molar-refractivity contribution in [3.8, 4) is 0 Å². The summed E-state index contributed by atoms with van der Waals surface area (Å²) in [7, 11) is 1.22. The summed E-state index contributed by atoms with van der Waals surface area (Å²) in [5.41, 5.74) is 2.38. The number of hydrogen-bond donors (Lipinski definition) is 1. The van der Waals surface area contributed by atoms with E-state index in [9.17, 15) is 14.4 Å². The second-order valence-electron chi connectivity index (χ2n) is 6.35. The predicted octanol–water partition coefficient (Wildman–Crippen LogP) is 1.76. The molecule has 1 atom stereocenters. The van der Waals surface area contributed by atoms with E-state index in [1.165, 1.54) is 17.7 Å². The molecule has 142 valence electrons. The summed E-state index contributed by atoms with van der Waals surface area (Å²) in [6.07, 6.45) is 3.29. The van der Waals surface area contributed by atoms with Gasteiger partial charge in [0.05, 0.1) is 13.7 Å². The van der Waals surface area contributed by atoms with Gasteiger partial charge in [0.15, 0.2) is 0 Å². The molecule has 0 saturated heterocycles. The van der Waals surface area contributed by atoms with Gasteiger partial charge in [-0.3, -0.25) is 14.6 Å². The highest BCUT2D eigenvalue weighted by atomic mass is 16.5. The number of hydrogen-bond acceptors (Lipinski definition) is 5. The number of ether oxygens (including phenoxy) is 1. The maximum Gasteiger partial charge on any atom is 0.332 e. The monoisotopic (exact) mass is 369 g/mol. The first-order valence-electron chi connectivity index (χ1n) is 8.40. The van der Waals surface area contributed by atoms with Gasteiger partial charge in [-0.15, -0.1) is 0 Å². The van der Waals surface area contributed by atoms with Gasteiger partial charge in [-0.05, 0) is 55.7 Å². The zero-order chi connectivity index (χ0) is 20.1. The molecule has 0 fully saturated rings. The van der Waals surface area contributed by atoms with Crippen LogP contribution in [0.5, 0.6) is 0 Å². The maximum atomic E-state index is 12.9. The second-order valence-corrected chi connectivity index (χ2v) is 6.35. The van der Waals surface area contributed by atoms with Gasteiger partial charge in [0.25, 0.3) is 11.5 Å². The van der Waals surface area contributed by atoms with Gasteiger partial charge in [-0.1, -0.05) is 6.58 Å². The molecule has 7 heteroatoms. The Labute approximate surface area is 157 Å². The Bertz CT molecular complexity index is 932. The Morgan fingerprint density at radius 2 is 1.93 bits per heavy atom. The number of esters is 1. The van der Waals surface area contributed by atoms with E-state index >= 15 is 0 Å². The molecule has 2 heterocycles. The molecular formula is C20H23N3O4. The molecule has 0 aliphatic heterocycles. The van der Waals surface area contributed by atoms with Crippen molar-refractivity contribution in [1.29, 1.82) is 0 Å². The number of methoxy groups -OCH3 is 1. The Morgan fingerprint density at radius 3 is 2.48 bits per heavy atom. The van der Waals surface area contributed by atoms with Crippen LogP contribution in [0.25, 0.3) is 0 Å². The fourth-order valence-electron chi connectivity index (χ4n) is 2.63. The smallest absolute Gasteiger partial charge is 0.332 e. The van der Waals surface area contributed by atoms with Gasteiger partial charge in [-0.25, -0.2) is 4.79 Å². The number of amides is 1. The first-order chi connectivity index (χ1) is 12.8. The van der Waals surface area contributed by atoms with E-state index in [4.69, 9.17) is 0 Å². The van der Waals surface area contributed by atoms with Crippen LogP contribution in [0, 0.1) is 13.8 Å². The molecule has 0 saturated carbocycles. The molecule has 7 nitrogen and oxygen atoms in total. The Morgan fingerprint density at radius 1 is 1.30 bits per heavy atom. The van der Waals surface area contributed by atoms with Crippen LogP contribution in [0.15, 0.2) is 47.5 Å². The third kappa shape index (κ3) is 4.49. The molecule has 0 aliphatic carbocycles. The number of carbonyl (C=O) groups is 2. The minimum atomic E-state index is -1.02. The van der Waals surface area contributed by atoms with Gasteiger partial charge >= 0.3 is 5.97 Å². The molecular weight excluding hydrogens is 346 g/mol. The van der Waals surface area contributed by atoms with Crippen molar-refractivity contribution < 1.29 is 14.3 Å². The SMILES string of the molecule is C=C(C)[C@H](NC(=O)c1cc(C)c(C)n(Cc2ccncc2)c1=O)C(=O)OC. The minimum Gasteiger partial charge on any atom is -0.467 e. The van der Waals surface area contributed by atoms with Crippen molar-refractivity contribution in [2.45, 2.75) is 33.4 Å². The van der Waals surface area contributed by atoms with Crippen LogP contribution in [-0.2, 0) is 16.1 Å². The van der Waals surface area contributed by atoms with Crippen molar-refractivity contribution in [3.63, 3.8) is 0 Å². The van der Waals surface area contributed by atoms with Crippen molar-refractivity contribution in [2.24, 2.45) is 0 Å². The summed E-state index contributed by atoms with van der Waals surface area (Å²) in [6, 6.07) is 4.13. The summed E-state index contributed by atoms with van der Waals surface area (Å²) >= 11 is 0. The summed E-state index contributed by atoms with van der Waals surface area (Å²) in [4.78, 5) is 41.4. The number of aromatic nitrogens is 2. The lowest BCUT2D eigenvalue weighted by Crippen LogP contribution is -2.44. The van der Waals surface area contributed by atoms with E-state index in [1.807, 2.05) is 26.0 Å². The van der Waals surface area contributed by atoms with Gasteiger partial charge in [0.1, 0.15) is 11.6 Å². The quantitative estimate of drug-likeness (QED) is 0.619. The summed E-state index contributed by atoms with van der Waals surface area (Å²) < 4.78 is 6.22. The number of nitrogens with one attached hydrogen (secondary N) is 1. The number of nitrogens with zero attached hydrogens (tertiary/aromatic N) is 2. The standard InChI is InChI=1S/C20H23N3O4/c1-12(2)17(20(26)27-5)22-18(24)16-10-13(3)14(4)23(19(16)25)11-15-6-8-21-9-7-15/h6-10,17H,1,11H2,2-5H3,(H,22,24)/t17-/m0/s1. The molecule has 0 aliphatic rings. The topological polar surface area (TPSA) is 90.3 Å². The fourth-order valence-corrected chi connectivity index (χ4v) is 2.63. The van der Waals surface area contributed by atoms with Crippen LogP contribution < -0.4 is 10.9 Å². The van der Waals surface area contributed by atoms with E-state index in [-0.39, 0.29) is 5.56 Å². The first-order valence-corrected chi connectivity index (χ1v) is 8.40. The van der Waals surface area contributed by atoms with Crippen LogP contribution in [0.1, 0.15) is 34.1 Å². The average molecular weight is 369 g/mol. The Hall–Kier alpha value is -3.22. The molecule has 2 aromatic heterocycles. The number of pyridine rings is 2. The highest BCUT2D eigenvalue weighted by molar-refractivity contribution is 5.97. The minimum absolute atomic E-state index is 0.0395. The van der Waals surface area contributed by atoms with E-state index in [0.29, 0.717) is 12.1 Å². The molecule has 27 heavy (non-hydrogen) atoms. The largest absolute Gasteiger partial charge is 0.467 e. The van der Waals surface area contributed by atoms with Crippen molar-refractivity contribution in [3.05, 3.63) is 75.5 Å². The lowest BCUT2D eigenvalue weighted by Gasteiger charge is -2.18. The second kappa shape index (κ2) is 8.44. The fraction of sp³-hybridized carbons (Fsp3) is 0.300.